The van der Waals surface area contributed by atoms with Gasteiger partial charge in [-0.25, -0.2) is 4.68 Å². The fraction of sp³-hybridized carbons (Fsp3) is 0.455. The maximum Gasteiger partial charge on any atom is 0.303 e. The van der Waals surface area contributed by atoms with Crippen molar-refractivity contribution in [3.63, 3.8) is 0 Å². The molecular formula is C44H53N3O18. The Morgan fingerprint density at radius 3 is 1.92 bits per heavy atom. The average molecular weight is 912 g/mol. The topological polar surface area (TPSA) is 255 Å². The van der Waals surface area contributed by atoms with Crippen LogP contribution in [-0.2, 0) is 79.8 Å². The lowest BCUT2D eigenvalue weighted by atomic mass is 9.98. The number of aromatic nitrogens is 3. The number of hydrogen-bond acceptors (Lipinski definition) is 20. The van der Waals surface area contributed by atoms with Gasteiger partial charge in [0.05, 0.1) is 66.4 Å². The summed E-state index contributed by atoms with van der Waals surface area (Å²) in [5, 5.41) is 18.0. The third-order valence-electron chi connectivity index (χ3n) is 8.92. The van der Waals surface area contributed by atoms with Gasteiger partial charge in [0.15, 0.2) is 59.2 Å². The molecule has 5 unspecified atom stereocenters. The van der Waals surface area contributed by atoms with Gasteiger partial charge in [-0.05, 0) is 47.5 Å². The van der Waals surface area contributed by atoms with E-state index in [9.17, 15) is 33.9 Å². The van der Waals surface area contributed by atoms with E-state index < -0.39 is 54.6 Å². The fourth-order valence-electron chi connectivity index (χ4n) is 6.06. The predicted octanol–water partition coefficient (Wildman–Crippen LogP) is 2.97. The summed E-state index contributed by atoms with van der Waals surface area (Å²) in [6.45, 7) is 5.39. The maximum atomic E-state index is 12.5. The first-order chi connectivity index (χ1) is 31.1. The summed E-state index contributed by atoms with van der Waals surface area (Å²) in [6, 6.07) is 9.73. The van der Waals surface area contributed by atoms with E-state index >= 15 is 0 Å². The van der Waals surface area contributed by atoms with Gasteiger partial charge in [-0.3, -0.25) is 28.8 Å². The summed E-state index contributed by atoms with van der Waals surface area (Å²) in [5.74, 6) is -2.56. The molecule has 352 valence electrons. The van der Waals surface area contributed by atoms with E-state index in [0.29, 0.717) is 41.5 Å². The smallest absolute Gasteiger partial charge is 0.303 e. The number of carbonyl (C=O) groups excluding carboxylic acids is 6. The zero-order valence-electron chi connectivity index (χ0n) is 36.8. The SMILES string of the molecule is COc1cc(/C=C/C(=O)CC(=O)/C=C/c2ccc(OCc3cn(CCOCCOCCOC4OC(COC(C)=O)C(OC(C)=O)C(OC(C)=O)C4OC(C)=O)nn3)c(OC)c2)ccc1O. The van der Waals surface area contributed by atoms with E-state index in [-0.39, 0.29) is 69.1 Å². The van der Waals surface area contributed by atoms with Crippen molar-refractivity contribution in [1.82, 2.24) is 15.0 Å². The highest BCUT2D eigenvalue weighted by Gasteiger charge is 2.52. The van der Waals surface area contributed by atoms with Crippen LogP contribution in [0.4, 0.5) is 0 Å². The maximum absolute atomic E-state index is 12.5. The molecule has 65 heavy (non-hydrogen) atoms. The Kier molecular flexibility index (Phi) is 20.5. The van der Waals surface area contributed by atoms with E-state index in [4.69, 9.17) is 52.1 Å². The molecule has 0 saturated carbocycles. The van der Waals surface area contributed by atoms with Gasteiger partial charge in [-0.2, -0.15) is 0 Å². The highest BCUT2D eigenvalue weighted by atomic mass is 16.7. The molecule has 3 aromatic rings. The molecule has 1 aromatic heterocycles. The van der Waals surface area contributed by atoms with Gasteiger partial charge in [-0.1, -0.05) is 29.5 Å². The van der Waals surface area contributed by atoms with Crippen molar-refractivity contribution < 1.29 is 86.0 Å². The second-order valence-corrected chi connectivity index (χ2v) is 14.0. The highest BCUT2D eigenvalue weighted by molar-refractivity contribution is 6.10. The summed E-state index contributed by atoms with van der Waals surface area (Å²) in [6.07, 6.45) is 0.689. The Hall–Kier alpha value is -6.68. The number of ketones is 2. The third kappa shape index (κ3) is 17.4. The van der Waals surface area contributed by atoms with Gasteiger partial charge in [0.1, 0.15) is 25.0 Å². The minimum atomic E-state index is -1.34. The monoisotopic (exact) mass is 911 g/mol. The summed E-state index contributed by atoms with van der Waals surface area (Å²) in [7, 11) is 2.90. The second kappa shape index (κ2) is 26.2. The van der Waals surface area contributed by atoms with E-state index in [1.807, 2.05) is 0 Å². The molecule has 0 radical (unpaired) electrons. The number of phenols is 1. The number of carbonyl (C=O) groups is 6. The molecule has 1 aliphatic heterocycles. The molecule has 21 nitrogen and oxygen atoms in total. The molecule has 4 rings (SSSR count). The Morgan fingerprint density at radius 2 is 1.29 bits per heavy atom. The van der Waals surface area contributed by atoms with Crippen molar-refractivity contribution in [3.8, 4) is 23.0 Å². The van der Waals surface area contributed by atoms with Gasteiger partial charge in [0.2, 0.25) is 0 Å². The molecular weight excluding hydrogens is 858 g/mol. The van der Waals surface area contributed by atoms with Crippen LogP contribution in [0.3, 0.4) is 0 Å². The Labute approximate surface area is 374 Å². The van der Waals surface area contributed by atoms with Crippen LogP contribution in [0.5, 0.6) is 23.0 Å². The zero-order chi connectivity index (χ0) is 47.3. The average Bonchev–Trinajstić information content (AvgIpc) is 3.72. The van der Waals surface area contributed by atoms with Crippen LogP contribution in [-0.4, -0.2) is 140 Å². The molecule has 1 saturated heterocycles. The van der Waals surface area contributed by atoms with Crippen LogP contribution >= 0.6 is 0 Å². The molecule has 5 atom stereocenters. The van der Waals surface area contributed by atoms with Crippen molar-refractivity contribution in [2.45, 2.75) is 78.0 Å². The highest BCUT2D eigenvalue weighted by Crippen LogP contribution is 2.31. The van der Waals surface area contributed by atoms with Crippen LogP contribution < -0.4 is 14.2 Å². The number of rotatable bonds is 26. The molecule has 2 aromatic carbocycles. The van der Waals surface area contributed by atoms with Gasteiger partial charge in [0, 0.05) is 27.7 Å². The van der Waals surface area contributed by atoms with Gasteiger partial charge in [-0.15, -0.1) is 5.10 Å². The predicted molar refractivity (Wildman–Crippen MR) is 224 cm³/mol. The zero-order valence-corrected chi connectivity index (χ0v) is 36.8. The van der Waals surface area contributed by atoms with Gasteiger partial charge >= 0.3 is 23.9 Å². The largest absolute Gasteiger partial charge is 0.504 e. The normalized spacial score (nSPS) is 18.2. The van der Waals surface area contributed by atoms with Crippen LogP contribution in [0.15, 0.2) is 54.7 Å². The first-order valence-electron chi connectivity index (χ1n) is 20.2. The number of ether oxygens (including phenoxy) is 11. The lowest BCUT2D eigenvalue weighted by Gasteiger charge is -2.44. The summed E-state index contributed by atoms with van der Waals surface area (Å²) in [5.41, 5.74) is 1.82. The summed E-state index contributed by atoms with van der Waals surface area (Å²) in [4.78, 5) is 72.2. The molecule has 0 amide bonds. The van der Waals surface area contributed by atoms with Gasteiger partial charge < -0.3 is 57.2 Å². The number of esters is 4. The van der Waals surface area contributed by atoms with Gasteiger partial charge in [0.25, 0.3) is 0 Å². The first-order valence-corrected chi connectivity index (χ1v) is 20.2. The Bertz CT molecular complexity index is 2150. The number of methoxy groups -OCH3 is 2. The minimum Gasteiger partial charge on any atom is -0.504 e. The van der Waals surface area contributed by atoms with Crippen molar-refractivity contribution >= 4 is 47.6 Å². The second-order valence-electron chi connectivity index (χ2n) is 14.0. The number of aromatic hydroxyl groups is 1. The lowest BCUT2D eigenvalue weighted by Crippen LogP contribution is -2.63. The summed E-state index contributed by atoms with van der Waals surface area (Å²) >= 11 is 0. The van der Waals surface area contributed by atoms with Crippen molar-refractivity contribution in [3.05, 3.63) is 71.6 Å². The van der Waals surface area contributed by atoms with E-state index in [1.165, 1.54) is 45.4 Å². The van der Waals surface area contributed by atoms with Crippen molar-refractivity contribution in [2.24, 2.45) is 0 Å². The molecule has 2 heterocycles. The van der Waals surface area contributed by atoms with Crippen LogP contribution in [0, 0.1) is 0 Å². The Morgan fingerprint density at radius 1 is 0.708 bits per heavy atom. The lowest BCUT2D eigenvalue weighted by molar-refractivity contribution is -0.309. The van der Waals surface area contributed by atoms with Crippen LogP contribution in [0.25, 0.3) is 12.2 Å². The first kappa shape index (κ1) is 51.0. The molecule has 1 aliphatic rings. The van der Waals surface area contributed by atoms with E-state index in [0.717, 1.165) is 20.8 Å². The number of allylic oxidation sites excluding steroid dienone is 2. The number of hydrogen-bond donors (Lipinski definition) is 1. The van der Waals surface area contributed by atoms with Crippen LogP contribution in [0.1, 0.15) is 50.9 Å². The molecule has 1 fully saturated rings. The van der Waals surface area contributed by atoms with Crippen molar-refractivity contribution in [1.29, 1.82) is 0 Å². The van der Waals surface area contributed by atoms with Crippen molar-refractivity contribution in [2.75, 3.05) is 53.9 Å². The number of nitrogens with zero attached hydrogens (tertiary/aromatic N) is 3. The minimum absolute atomic E-state index is 0.0235. The summed E-state index contributed by atoms with van der Waals surface area (Å²) < 4.78 is 62.2. The van der Waals surface area contributed by atoms with Crippen LogP contribution in [0.2, 0.25) is 0 Å². The fourth-order valence-corrected chi connectivity index (χ4v) is 6.06. The molecule has 0 spiro atoms. The van der Waals surface area contributed by atoms with E-state index in [2.05, 4.69) is 10.3 Å². The molecule has 0 aliphatic carbocycles. The standard InChI is InChI=1S/C44H53N3O18/c1-27(48)60-26-40-41(62-28(2)49)42(63-29(3)50)43(64-30(4)51)44(65-40)59-20-19-58-18-17-57-16-15-47-24-33(45-46-47)25-61-37-14-10-32(22-39(37)56-6)8-12-35(53)23-34(52)11-7-31-9-13-36(54)38(21-31)55-5/h7-14,21-22,24,40-44,54H,15-20,23,25-26H2,1-6H3/b11-7+,12-8+. The van der Waals surface area contributed by atoms with E-state index in [1.54, 1.807) is 47.3 Å². The number of phenolic OH excluding ortho intramolecular Hbond substituents is 1. The Balaban J connectivity index is 1.16. The molecule has 21 heteroatoms. The quantitative estimate of drug-likeness (QED) is 0.0399. The molecule has 0 bridgehead atoms. The third-order valence-corrected chi connectivity index (χ3v) is 8.92. The number of benzene rings is 2. The molecule has 1 N–H and O–H groups in total.